The zero-order valence-corrected chi connectivity index (χ0v) is 25.8. The molecule has 0 fully saturated rings. The lowest BCUT2D eigenvalue weighted by atomic mass is 10.1. The first-order chi connectivity index (χ1) is 18.2. The lowest BCUT2D eigenvalue weighted by Gasteiger charge is -2.34. The van der Waals surface area contributed by atoms with Crippen molar-refractivity contribution >= 4 is 55.1 Å². The highest BCUT2D eigenvalue weighted by Crippen LogP contribution is 2.30. The lowest BCUT2D eigenvalue weighted by molar-refractivity contribution is -0.140. The molecule has 208 valence electrons. The second-order valence-electron chi connectivity index (χ2n) is 10.3. The Hall–Kier alpha value is -2.88. The highest BCUT2D eigenvalue weighted by Gasteiger charge is 2.34. The van der Waals surface area contributed by atoms with Gasteiger partial charge in [-0.25, -0.2) is 8.42 Å². The van der Waals surface area contributed by atoms with Gasteiger partial charge in [0, 0.05) is 21.6 Å². The molecule has 39 heavy (non-hydrogen) atoms. The van der Waals surface area contributed by atoms with Crippen LogP contribution >= 0.6 is 27.5 Å². The Morgan fingerprint density at radius 2 is 1.62 bits per heavy atom. The van der Waals surface area contributed by atoms with Crippen LogP contribution < -0.4 is 9.62 Å². The van der Waals surface area contributed by atoms with Crippen LogP contribution in [0.1, 0.15) is 38.8 Å². The number of rotatable bonds is 9. The van der Waals surface area contributed by atoms with Crippen LogP contribution in [0.3, 0.4) is 0 Å². The third kappa shape index (κ3) is 8.06. The molecule has 3 rings (SSSR count). The van der Waals surface area contributed by atoms with E-state index in [0.29, 0.717) is 10.6 Å². The van der Waals surface area contributed by atoms with E-state index < -0.39 is 34.1 Å². The van der Waals surface area contributed by atoms with E-state index in [4.69, 9.17) is 11.6 Å². The number of aryl methyl sites for hydroxylation is 1. The quantitative estimate of drug-likeness (QED) is 0.316. The molecule has 0 radical (unpaired) electrons. The van der Waals surface area contributed by atoms with Gasteiger partial charge >= 0.3 is 0 Å². The molecule has 0 aliphatic rings. The maximum absolute atomic E-state index is 14.0. The molecule has 0 spiro atoms. The van der Waals surface area contributed by atoms with E-state index in [1.165, 1.54) is 23.1 Å². The predicted octanol–water partition coefficient (Wildman–Crippen LogP) is 5.94. The van der Waals surface area contributed by atoms with Crippen LogP contribution in [-0.2, 0) is 26.2 Å². The van der Waals surface area contributed by atoms with Gasteiger partial charge in [-0.1, -0.05) is 63.9 Å². The van der Waals surface area contributed by atoms with Gasteiger partial charge in [-0.15, -0.1) is 0 Å². The molecule has 3 aromatic carbocycles. The topological polar surface area (TPSA) is 86.8 Å². The summed E-state index contributed by atoms with van der Waals surface area (Å²) in [6.45, 7) is 8.54. The summed E-state index contributed by atoms with van der Waals surface area (Å²) in [4.78, 5) is 28.6. The smallest absolute Gasteiger partial charge is 0.264 e. The largest absolute Gasteiger partial charge is 0.350 e. The molecule has 0 bridgehead atoms. The van der Waals surface area contributed by atoms with Gasteiger partial charge in [0.15, 0.2) is 0 Å². The van der Waals surface area contributed by atoms with E-state index in [2.05, 4.69) is 21.2 Å². The Labute approximate surface area is 244 Å². The summed E-state index contributed by atoms with van der Waals surface area (Å²) in [7, 11) is -4.15. The SMILES string of the molecule is Cc1ccc(Cl)cc1N(CC(=O)N(Cc1ccc(Br)cc1)[C@@H](C)C(=O)NC(C)(C)C)S(=O)(=O)c1ccccc1. The first-order valence-electron chi connectivity index (χ1n) is 12.4. The summed E-state index contributed by atoms with van der Waals surface area (Å²) in [6.07, 6.45) is 0. The molecular formula is C29H33BrClN3O4S. The van der Waals surface area contributed by atoms with E-state index in [1.54, 1.807) is 44.2 Å². The number of hydrogen-bond acceptors (Lipinski definition) is 4. The van der Waals surface area contributed by atoms with Crippen LogP contribution in [-0.4, -0.2) is 43.3 Å². The van der Waals surface area contributed by atoms with E-state index >= 15 is 0 Å². The van der Waals surface area contributed by atoms with Crippen molar-refractivity contribution in [1.82, 2.24) is 10.2 Å². The van der Waals surface area contributed by atoms with Crippen molar-refractivity contribution in [2.24, 2.45) is 0 Å². The number of nitrogens with one attached hydrogen (secondary N) is 1. The molecule has 2 amide bonds. The van der Waals surface area contributed by atoms with Crippen molar-refractivity contribution in [2.75, 3.05) is 10.8 Å². The van der Waals surface area contributed by atoms with Gasteiger partial charge in [0.2, 0.25) is 11.8 Å². The minimum absolute atomic E-state index is 0.0372. The number of carbonyl (C=O) groups is 2. The van der Waals surface area contributed by atoms with Crippen LogP contribution in [0.5, 0.6) is 0 Å². The molecule has 0 aliphatic carbocycles. The summed E-state index contributed by atoms with van der Waals surface area (Å²) >= 11 is 9.67. The van der Waals surface area contributed by atoms with Crippen LogP contribution in [0.4, 0.5) is 5.69 Å². The molecule has 0 saturated heterocycles. The molecule has 3 aromatic rings. The Kier molecular flexibility index (Phi) is 9.85. The first kappa shape index (κ1) is 30.7. The van der Waals surface area contributed by atoms with Crippen molar-refractivity contribution in [3.05, 3.63) is 93.4 Å². The number of halogens is 2. The predicted molar refractivity (Wildman–Crippen MR) is 159 cm³/mol. The van der Waals surface area contributed by atoms with Crippen molar-refractivity contribution < 1.29 is 18.0 Å². The molecule has 0 saturated carbocycles. The normalized spacial score (nSPS) is 12.5. The summed E-state index contributed by atoms with van der Waals surface area (Å²) in [5.41, 5.74) is 1.19. The minimum Gasteiger partial charge on any atom is -0.350 e. The fraction of sp³-hybridized carbons (Fsp3) is 0.310. The Balaban J connectivity index is 2.06. The molecular weight excluding hydrogens is 602 g/mol. The van der Waals surface area contributed by atoms with Crippen molar-refractivity contribution in [1.29, 1.82) is 0 Å². The van der Waals surface area contributed by atoms with Gasteiger partial charge in [-0.3, -0.25) is 13.9 Å². The summed E-state index contributed by atoms with van der Waals surface area (Å²) < 4.78 is 29.7. The van der Waals surface area contributed by atoms with E-state index in [0.717, 1.165) is 14.3 Å². The van der Waals surface area contributed by atoms with Gasteiger partial charge in [0.25, 0.3) is 10.0 Å². The second-order valence-corrected chi connectivity index (χ2v) is 13.5. The van der Waals surface area contributed by atoms with E-state index in [9.17, 15) is 18.0 Å². The maximum Gasteiger partial charge on any atom is 0.264 e. The molecule has 0 unspecified atom stereocenters. The van der Waals surface area contributed by atoms with Crippen molar-refractivity contribution in [3.63, 3.8) is 0 Å². The highest BCUT2D eigenvalue weighted by atomic mass is 79.9. The Bertz CT molecular complexity index is 1430. The van der Waals surface area contributed by atoms with E-state index in [1.807, 2.05) is 45.0 Å². The number of benzene rings is 3. The summed E-state index contributed by atoms with van der Waals surface area (Å²) in [5, 5.41) is 3.25. The zero-order valence-electron chi connectivity index (χ0n) is 22.6. The van der Waals surface area contributed by atoms with Gasteiger partial charge in [-0.2, -0.15) is 0 Å². The molecule has 10 heteroatoms. The number of sulfonamides is 1. The van der Waals surface area contributed by atoms with Gasteiger partial charge < -0.3 is 10.2 Å². The van der Waals surface area contributed by atoms with E-state index in [-0.39, 0.29) is 23.0 Å². The highest BCUT2D eigenvalue weighted by molar-refractivity contribution is 9.10. The number of carbonyl (C=O) groups excluding carboxylic acids is 2. The molecule has 0 aromatic heterocycles. The molecule has 1 atom stereocenters. The minimum atomic E-state index is -4.15. The number of anilines is 1. The Morgan fingerprint density at radius 1 is 1.00 bits per heavy atom. The lowest BCUT2D eigenvalue weighted by Crippen LogP contribution is -2.54. The van der Waals surface area contributed by atoms with Gasteiger partial charge in [-0.05, 0) is 82.1 Å². The van der Waals surface area contributed by atoms with Crippen LogP contribution in [0, 0.1) is 6.92 Å². The fourth-order valence-electron chi connectivity index (χ4n) is 3.93. The van der Waals surface area contributed by atoms with Crippen LogP contribution in [0.25, 0.3) is 0 Å². The third-order valence-corrected chi connectivity index (χ3v) is 8.52. The molecule has 1 N–H and O–H groups in total. The van der Waals surface area contributed by atoms with Crippen LogP contribution in [0.2, 0.25) is 5.02 Å². The van der Waals surface area contributed by atoms with Gasteiger partial charge in [0.1, 0.15) is 12.6 Å². The number of amides is 2. The summed E-state index contributed by atoms with van der Waals surface area (Å²) in [5.74, 6) is -0.877. The first-order valence-corrected chi connectivity index (χ1v) is 15.0. The molecule has 0 heterocycles. The second kappa shape index (κ2) is 12.5. The maximum atomic E-state index is 14.0. The van der Waals surface area contributed by atoms with Crippen molar-refractivity contribution in [3.8, 4) is 0 Å². The van der Waals surface area contributed by atoms with Crippen LogP contribution in [0.15, 0.2) is 82.2 Å². The molecule has 7 nitrogen and oxygen atoms in total. The third-order valence-electron chi connectivity index (χ3n) is 5.98. The monoisotopic (exact) mass is 633 g/mol. The average Bonchev–Trinajstić information content (AvgIpc) is 2.87. The fourth-order valence-corrected chi connectivity index (χ4v) is 5.85. The molecule has 0 aliphatic heterocycles. The Morgan fingerprint density at radius 3 is 2.21 bits per heavy atom. The van der Waals surface area contributed by atoms with Crippen molar-refractivity contribution in [2.45, 2.75) is 57.6 Å². The number of nitrogens with zero attached hydrogens (tertiary/aromatic N) is 2. The zero-order chi connectivity index (χ0) is 29.0. The average molecular weight is 635 g/mol. The van der Waals surface area contributed by atoms with Gasteiger partial charge in [0.05, 0.1) is 10.6 Å². The summed E-state index contributed by atoms with van der Waals surface area (Å²) in [6, 6.07) is 19.3. The number of hydrogen-bond donors (Lipinski definition) is 1. The standard InChI is InChI=1S/C29H33BrClN3O4S/c1-20-11-16-24(31)17-26(20)34(39(37,38)25-9-7-6-8-10-25)19-27(35)33(18-22-12-14-23(30)15-13-22)21(2)28(36)32-29(3,4)5/h6-17,21H,18-19H2,1-5H3,(H,32,36)/t21-/m0/s1.